The molecule has 0 aliphatic rings. The monoisotopic (exact) mass is 501 g/mol. The number of nitrogens with zero attached hydrogens (tertiary/aromatic N) is 2. The lowest BCUT2D eigenvalue weighted by atomic mass is 10.2. The van der Waals surface area contributed by atoms with E-state index in [-0.39, 0.29) is 36.1 Å². The van der Waals surface area contributed by atoms with Crippen molar-refractivity contribution in [1.82, 2.24) is 10.0 Å². The normalized spacial score (nSPS) is 10.8. The Morgan fingerprint density at radius 3 is 2.29 bits per heavy atom. The van der Waals surface area contributed by atoms with Crippen molar-refractivity contribution in [2.75, 3.05) is 4.72 Å². The van der Waals surface area contributed by atoms with Gasteiger partial charge in [-0.15, -0.1) is 12.4 Å². The summed E-state index contributed by atoms with van der Waals surface area (Å²) in [4.78, 5) is 16.4. The molecule has 2 N–H and O–H groups in total. The molecule has 7 nitrogen and oxygen atoms in total. The summed E-state index contributed by atoms with van der Waals surface area (Å²) in [6.07, 6.45) is 1.28. The summed E-state index contributed by atoms with van der Waals surface area (Å²) in [5.41, 5.74) is 1.16. The van der Waals surface area contributed by atoms with Gasteiger partial charge in [0.15, 0.2) is 0 Å². The maximum atomic E-state index is 12.5. The van der Waals surface area contributed by atoms with Gasteiger partial charge >= 0.3 is 0 Å². The molecule has 31 heavy (non-hydrogen) atoms. The number of sulfonamides is 1. The number of nitrogens with one attached hydrogen (secondary N) is 1. The summed E-state index contributed by atoms with van der Waals surface area (Å²) >= 11 is 11.8. The molecule has 3 aromatic rings. The standard InChI is InChI=1S/C20H17Cl2N3O4S.ClH/c21-16-8-15(9-17(22)10-16)13-30(28,29)24-18-6-7-23-19(11-18)20(26)25(27)12-14-4-2-1-3-5-14;/h1-11,27H,12-13H2,(H,23,24);1H. The fourth-order valence-electron chi connectivity index (χ4n) is 2.70. The molecule has 1 heterocycles. The van der Waals surface area contributed by atoms with Crippen LogP contribution in [0.5, 0.6) is 0 Å². The van der Waals surface area contributed by atoms with Gasteiger partial charge in [0.05, 0.1) is 18.0 Å². The number of hydrogen-bond acceptors (Lipinski definition) is 5. The van der Waals surface area contributed by atoms with Crippen LogP contribution in [0.15, 0.2) is 66.9 Å². The average molecular weight is 503 g/mol. The number of anilines is 1. The average Bonchev–Trinajstić information content (AvgIpc) is 2.66. The van der Waals surface area contributed by atoms with Gasteiger partial charge in [0, 0.05) is 16.2 Å². The molecule has 2 aromatic carbocycles. The number of hydroxylamine groups is 2. The highest BCUT2D eigenvalue weighted by molar-refractivity contribution is 7.91. The zero-order chi connectivity index (χ0) is 21.7. The second kappa shape index (κ2) is 10.8. The lowest BCUT2D eigenvalue weighted by Gasteiger charge is -2.15. The van der Waals surface area contributed by atoms with Crippen molar-refractivity contribution in [3.05, 3.63) is 93.7 Å². The first-order chi connectivity index (χ1) is 14.2. The molecule has 0 atom stereocenters. The van der Waals surface area contributed by atoms with Crippen LogP contribution in [0.4, 0.5) is 5.69 Å². The molecule has 1 amide bonds. The van der Waals surface area contributed by atoms with Crippen molar-refractivity contribution < 1.29 is 18.4 Å². The van der Waals surface area contributed by atoms with Gasteiger partial charge in [0.2, 0.25) is 10.0 Å². The minimum absolute atomic E-state index is 0. The molecular formula is C20H18Cl3N3O4S. The van der Waals surface area contributed by atoms with Crippen molar-refractivity contribution in [3.63, 3.8) is 0 Å². The quantitative estimate of drug-likeness (QED) is 0.358. The summed E-state index contributed by atoms with van der Waals surface area (Å²) < 4.78 is 27.4. The van der Waals surface area contributed by atoms with Crippen LogP contribution < -0.4 is 4.72 Å². The van der Waals surface area contributed by atoms with Crippen molar-refractivity contribution in [3.8, 4) is 0 Å². The third kappa shape index (κ3) is 7.37. The Bertz CT molecular complexity index is 1140. The minimum Gasteiger partial charge on any atom is -0.285 e. The Kier molecular flexibility index (Phi) is 8.67. The number of rotatable bonds is 7. The molecule has 0 aliphatic carbocycles. The first-order valence-corrected chi connectivity index (χ1v) is 11.1. The van der Waals surface area contributed by atoms with E-state index in [1.165, 1.54) is 36.5 Å². The summed E-state index contributed by atoms with van der Waals surface area (Å²) in [5, 5.41) is 11.2. The zero-order valence-corrected chi connectivity index (χ0v) is 19.0. The molecule has 11 heteroatoms. The molecule has 1 aromatic heterocycles. The lowest BCUT2D eigenvalue weighted by molar-refractivity contribution is -0.0652. The molecule has 0 radical (unpaired) electrons. The predicted octanol–water partition coefficient (Wildman–Crippen LogP) is 4.78. The second-order valence-corrected chi connectivity index (χ2v) is 9.01. The first kappa shape index (κ1) is 24.9. The van der Waals surface area contributed by atoms with Gasteiger partial charge in [0.25, 0.3) is 5.91 Å². The Morgan fingerprint density at radius 1 is 1.00 bits per heavy atom. The van der Waals surface area contributed by atoms with Gasteiger partial charge in [0.1, 0.15) is 5.69 Å². The highest BCUT2D eigenvalue weighted by Crippen LogP contribution is 2.21. The molecule has 0 saturated carbocycles. The number of benzene rings is 2. The molecule has 164 valence electrons. The van der Waals surface area contributed by atoms with Crippen molar-refractivity contribution in [2.24, 2.45) is 0 Å². The highest BCUT2D eigenvalue weighted by atomic mass is 35.5. The third-order valence-electron chi connectivity index (χ3n) is 3.94. The van der Waals surface area contributed by atoms with Gasteiger partial charge in [-0.05, 0) is 41.5 Å². The number of carbonyl (C=O) groups excluding carboxylic acids is 1. The van der Waals surface area contributed by atoms with Crippen LogP contribution in [0.2, 0.25) is 10.0 Å². The Labute approximate surface area is 196 Å². The van der Waals surface area contributed by atoms with E-state index in [2.05, 4.69) is 9.71 Å². The van der Waals surface area contributed by atoms with E-state index >= 15 is 0 Å². The van der Waals surface area contributed by atoms with E-state index in [1.54, 1.807) is 24.3 Å². The third-order valence-corrected chi connectivity index (χ3v) is 5.64. The van der Waals surface area contributed by atoms with Crippen LogP contribution in [0, 0.1) is 0 Å². The minimum atomic E-state index is -3.81. The Balaban J connectivity index is 0.00000341. The molecule has 0 unspecified atom stereocenters. The van der Waals surface area contributed by atoms with Crippen LogP contribution in [-0.4, -0.2) is 29.6 Å². The highest BCUT2D eigenvalue weighted by Gasteiger charge is 2.18. The molecule has 0 aliphatic heterocycles. The fraction of sp³-hybridized carbons (Fsp3) is 0.100. The molecule has 0 fully saturated rings. The van der Waals surface area contributed by atoms with E-state index in [0.29, 0.717) is 20.7 Å². The molecule has 0 saturated heterocycles. The summed E-state index contributed by atoms with van der Waals surface area (Å²) in [7, 11) is -3.81. The number of amides is 1. The number of aromatic nitrogens is 1. The summed E-state index contributed by atoms with van der Waals surface area (Å²) in [5.74, 6) is -1.12. The van der Waals surface area contributed by atoms with Gasteiger partial charge in [-0.1, -0.05) is 53.5 Å². The van der Waals surface area contributed by atoms with Crippen molar-refractivity contribution >= 4 is 57.2 Å². The van der Waals surface area contributed by atoms with Crippen molar-refractivity contribution in [2.45, 2.75) is 12.3 Å². The van der Waals surface area contributed by atoms with Gasteiger partial charge < -0.3 is 0 Å². The first-order valence-electron chi connectivity index (χ1n) is 8.68. The number of pyridine rings is 1. The van der Waals surface area contributed by atoms with Crippen LogP contribution in [0.25, 0.3) is 0 Å². The lowest BCUT2D eigenvalue weighted by Crippen LogP contribution is -2.27. The Hall–Kier alpha value is -2.36. The molecular weight excluding hydrogens is 485 g/mol. The molecule has 3 rings (SSSR count). The topological polar surface area (TPSA) is 99.6 Å². The van der Waals surface area contributed by atoms with Gasteiger partial charge in [-0.3, -0.25) is 19.7 Å². The number of carbonyl (C=O) groups is 1. The van der Waals surface area contributed by atoms with E-state index in [4.69, 9.17) is 23.2 Å². The maximum absolute atomic E-state index is 12.5. The number of halogens is 3. The largest absolute Gasteiger partial charge is 0.296 e. The predicted molar refractivity (Wildman–Crippen MR) is 122 cm³/mol. The van der Waals surface area contributed by atoms with E-state index in [9.17, 15) is 18.4 Å². The SMILES string of the molecule is Cl.O=C(c1cc(NS(=O)(=O)Cc2cc(Cl)cc(Cl)c2)ccn1)N(O)Cc1ccccc1. The second-order valence-electron chi connectivity index (χ2n) is 6.42. The van der Waals surface area contributed by atoms with Crippen LogP contribution >= 0.6 is 35.6 Å². The zero-order valence-electron chi connectivity index (χ0n) is 15.9. The van der Waals surface area contributed by atoms with Gasteiger partial charge in [-0.25, -0.2) is 13.5 Å². The van der Waals surface area contributed by atoms with Crippen LogP contribution in [-0.2, 0) is 22.3 Å². The van der Waals surface area contributed by atoms with Crippen LogP contribution in [0.3, 0.4) is 0 Å². The van der Waals surface area contributed by atoms with E-state index in [1.807, 2.05) is 6.07 Å². The molecule has 0 spiro atoms. The summed E-state index contributed by atoms with van der Waals surface area (Å²) in [6.45, 7) is -0.0349. The summed E-state index contributed by atoms with van der Waals surface area (Å²) in [6, 6.07) is 16.1. The van der Waals surface area contributed by atoms with Gasteiger partial charge in [-0.2, -0.15) is 0 Å². The Morgan fingerprint density at radius 2 is 1.65 bits per heavy atom. The van der Waals surface area contributed by atoms with E-state index in [0.717, 1.165) is 5.56 Å². The fourth-order valence-corrected chi connectivity index (χ4v) is 4.44. The number of hydrogen-bond donors (Lipinski definition) is 2. The molecule has 0 bridgehead atoms. The van der Waals surface area contributed by atoms with Crippen LogP contribution in [0.1, 0.15) is 21.6 Å². The smallest absolute Gasteiger partial charge is 0.285 e. The van der Waals surface area contributed by atoms with Crippen molar-refractivity contribution in [1.29, 1.82) is 0 Å². The maximum Gasteiger partial charge on any atom is 0.296 e. The van der Waals surface area contributed by atoms with E-state index < -0.39 is 15.9 Å².